The van der Waals surface area contributed by atoms with Crippen LogP contribution in [0.2, 0.25) is 0 Å². The third-order valence-electron chi connectivity index (χ3n) is 4.63. The van der Waals surface area contributed by atoms with E-state index in [9.17, 15) is 4.79 Å². The fraction of sp³-hybridized carbons (Fsp3) is 0.500. The van der Waals surface area contributed by atoms with Crippen LogP contribution in [0.3, 0.4) is 0 Å². The molecule has 0 spiro atoms. The van der Waals surface area contributed by atoms with Crippen molar-refractivity contribution in [3.8, 4) is 5.75 Å². The van der Waals surface area contributed by atoms with Gasteiger partial charge in [-0.05, 0) is 57.0 Å². The van der Waals surface area contributed by atoms with Gasteiger partial charge in [-0.15, -0.1) is 11.3 Å². The van der Waals surface area contributed by atoms with Gasteiger partial charge in [0.05, 0.1) is 10.7 Å². The predicted molar refractivity (Wildman–Crippen MR) is 105 cm³/mol. The Hall–Kier alpha value is -1.92. The Bertz CT molecular complexity index is 706. The van der Waals surface area contributed by atoms with Crippen LogP contribution in [-0.2, 0) is 6.61 Å². The maximum atomic E-state index is 12.4. The van der Waals surface area contributed by atoms with E-state index < -0.39 is 0 Å². The fourth-order valence-electron chi connectivity index (χ4n) is 3.22. The molecule has 26 heavy (non-hydrogen) atoms. The van der Waals surface area contributed by atoms with E-state index in [1.54, 1.807) is 11.3 Å². The fourth-order valence-corrected chi connectivity index (χ4v) is 3.82. The number of aryl methyl sites for hydroxylation is 1. The van der Waals surface area contributed by atoms with Crippen molar-refractivity contribution in [2.75, 3.05) is 19.6 Å². The Balaban J connectivity index is 1.46. The van der Waals surface area contributed by atoms with Crippen molar-refractivity contribution in [3.05, 3.63) is 45.9 Å². The Morgan fingerprint density at radius 2 is 2.04 bits per heavy atom. The maximum Gasteiger partial charge on any atom is 0.251 e. The average Bonchev–Trinajstić information content (AvgIpc) is 3.07. The van der Waals surface area contributed by atoms with Gasteiger partial charge < -0.3 is 15.0 Å². The van der Waals surface area contributed by atoms with Crippen LogP contribution in [0.25, 0.3) is 0 Å². The number of nitrogens with zero attached hydrogens (tertiary/aromatic N) is 2. The van der Waals surface area contributed by atoms with E-state index >= 15 is 0 Å². The Kier molecular flexibility index (Phi) is 6.63. The van der Waals surface area contributed by atoms with Crippen LogP contribution in [0.1, 0.15) is 47.2 Å². The zero-order valence-corrected chi connectivity index (χ0v) is 16.3. The molecule has 1 aliphatic rings. The number of thiazole rings is 1. The quantitative estimate of drug-likeness (QED) is 0.805. The molecule has 1 saturated heterocycles. The van der Waals surface area contributed by atoms with Gasteiger partial charge >= 0.3 is 0 Å². The maximum absolute atomic E-state index is 12.4. The van der Waals surface area contributed by atoms with Crippen LogP contribution in [0.15, 0.2) is 29.6 Å². The number of hydrogen-bond donors (Lipinski definition) is 1. The highest BCUT2D eigenvalue weighted by molar-refractivity contribution is 7.09. The molecule has 2 heterocycles. The van der Waals surface area contributed by atoms with Crippen molar-refractivity contribution in [1.82, 2.24) is 15.2 Å². The molecular weight excluding hydrogens is 346 g/mol. The monoisotopic (exact) mass is 373 g/mol. The molecule has 1 aliphatic heterocycles. The molecule has 0 bridgehead atoms. The minimum absolute atomic E-state index is 0.000572. The third-order valence-corrected chi connectivity index (χ3v) is 5.45. The second-order valence-electron chi connectivity index (χ2n) is 6.76. The van der Waals surface area contributed by atoms with Crippen molar-refractivity contribution < 1.29 is 9.53 Å². The van der Waals surface area contributed by atoms with Gasteiger partial charge in [0.15, 0.2) is 0 Å². The van der Waals surface area contributed by atoms with E-state index in [2.05, 4.69) is 22.1 Å². The van der Waals surface area contributed by atoms with E-state index in [1.807, 2.05) is 36.6 Å². The number of benzene rings is 1. The van der Waals surface area contributed by atoms with Gasteiger partial charge in [-0.1, -0.05) is 6.92 Å². The van der Waals surface area contributed by atoms with Crippen LogP contribution in [0.5, 0.6) is 5.75 Å². The highest BCUT2D eigenvalue weighted by Gasteiger charge is 2.20. The highest BCUT2D eigenvalue weighted by atomic mass is 32.1. The first kappa shape index (κ1) is 18.9. The smallest absolute Gasteiger partial charge is 0.251 e. The van der Waals surface area contributed by atoms with Crippen molar-refractivity contribution in [2.45, 2.75) is 45.8 Å². The van der Waals surface area contributed by atoms with Gasteiger partial charge in [-0.3, -0.25) is 4.79 Å². The molecule has 6 heteroatoms. The number of rotatable bonds is 7. The van der Waals surface area contributed by atoms with E-state index in [0.29, 0.717) is 12.2 Å². The molecule has 1 N–H and O–H groups in total. The summed E-state index contributed by atoms with van der Waals surface area (Å²) in [6, 6.07) is 7.61. The first-order valence-corrected chi connectivity index (χ1v) is 10.2. The summed E-state index contributed by atoms with van der Waals surface area (Å²) < 4.78 is 5.73. The minimum Gasteiger partial charge on any atom is -0.487 e. The summed E-state index contributed by atoms with van der Waals surface area (Å²) >= 11 is 1.62. The third kappa shape index (κ3) is 5.29. The number of carbonyl (C=O) groups excluding carboxylic acids is 1. The zero-order valence-electron chi connectivity index (χ0n) is 15.5. The lowest BCUT2D eigenvalue weighted by Crippen LogP contribution is -2.44. The summed E-state index contributed by atoms with van der Waals surface area (Å²) in [4.78, 5) is 19.3. The van der Waals surface area contributed by atoms with Gasteiger partial charge in [0, 0.05) is 30.1 Å². The molecule has 0 aliphatic carbocycles. The SMILES string of the molecule is CCCN1CCC(NC(=O)c2ccc(OCc3csc(C)n3)cc2)CC1. The molecule has 3 rings (SSSR count). The summed E-state index contributed by atoms with van der Waals surface area (Å²) in [5.74, 6) is 0.751. The summed E-state index contributed by atoms with van der Waals surface area (Å²) in [6.07, 6.45) is 3.24. The molecule has 2 aromatic rings. The largest absolute Gasteiger partial charge is 0.487 e. The van der Waals surface area contributed by atoms with E-state index in [1.165, 1.54) is 6.42 Å². The lowest BCUT2D eigenvalue weighted by molar-refractivity contribution is 0.0911. The molecule has 0 atom stereocenters. The number of carbonyl (C=O) groups is 1. The number of aromatic nitrogens is 1. The van der Waals surface area contributed by atoms with Crippen LogP contribution in [0.4, 0.5) is 0 Å². The number of ether oxygens (including phenoxy) is 1. The van der Waals surface area contributed by atoms with E-state index in [4.69, 9.17) is 4.74 Å². The van der Waals surface area contributed by atoms with Gasteiger partial charge in [0.1, 0.15) is 12.4 Å². The molecular formula is C20H27N3O2S. The van der Waals surface area contributed by atoms with Crippen LogP contribution in [0, 0.1) is 6.92 Å². The number of piperidine rings is 1. The lowest BCUT2D eigenvalue weighted by Gasteiger charge is -2.32. The molecule has 0 radical (unpaired) electrons. The summed E-state index contributed by atoms with van der Waals surface area (Å²) in [6.45, 7) is 7.94. The van der Waals surface area contributed by atoms with Gasteiger partial charge in [0.2, 0.25) is 0 Å². The predicted octanol–water partition coefficient (Wildman–Crippen LogP) is 3.63. The average molecular weight is 374 g/mol. The van der Waals surface area contributed by atoms with Crippen LogP contribution >= 0.6 is 11.3 Å². The van der Waals surface area contributed by atoms with Gasteiger partial charge in [0.25, 0.3) is 5.91 Å². The highest BCUT2D eigenvalue weighted by Crippen LogP contribution is 2.16. The Labute approximate surface area is 159 Å². The zero-order chi connectivity index (χ0) is 18.4. The van der Waals surface area contributed by atoms with E-state index in [0.717, 1.165) is 48.9 Å². The van der Waals surface area contributed by atoms with Crippen molar-refractivity contribution in [2.24, 2.45) is 0 Å². The standard InChI is InChI=1S/C20H27N3O2S/c1-3-10-23-11-8-17(9-12-23)22-20(24)16-4-6-19(7-5-16)25-13-18-14-26-15(2)21-18/h4-7,14,17H,3,8-13H2,1-2H3,(H,22,24). The summed E-state index contributed by atoms with van der Waals surface area (Å²) in [5.41, 5.74) is 1.61. The minimum atomic E-state index is 0.000572. The first-order chi connectivity index (χ1) is 12.6. The topological polar surface area (TPSA) is 54.5 Å². The number of likely N-dealkylation sites (tertiary alicyclic amines) is 1. The summed E-state index contributed by atoms with van der Waals surface area (Å²) in [7, 11) is 0. The van der Waals surface area contributed by atoms with E-state index in [-0.39, 0.29) is 11.9 Å². The molecule has 0 unspecified atom stereocenters. The molecule has 0 saturated carbocycles. The normalized spacial score (nSPS) is 15.8. The Morgan fingerprint density at radius 3 is 2.65 bits per heavy atom. The summed E-state index contributed by atoms with van der Waals surface area (Å²) in [5, 5.41) is 6.20. The van der Waals surface area contributed by atoms with Crippen LogP contribution < -0.4 is 10.1 Å². The lowest BCUT2D eigenvalue weighted by atomic mass is 10.0. The number of hydrogen-bond acceptors (Lipinski definition) is 5. The molecule has 1 fully saturated rings. The first-order valence-electron chi connectivity index (χ1n) is 9.31. The molecule has 1 aromatic carbocycles. The molecule has 5 nitrogen and oxygen atoms in total. The second kappa shape index (κ2) is 9.14. The van der Waals surface area contributed by atoms with Crippen molar-refractivity contribution in [1.29, 1.82) is 0 Å². The number of nitrogens with one attached hydrogen (secondary N) is 1. The molecule has 1 amide bonds. The number of amides is 1. The second-order valence-corrected chi connectivity index (χ2v) is 7.82. The van der Waals surface area contributed by atoms with Gasteiger partial charge in [-0.2, -0.15) is 0 Å². The van der Waals surface area contributed by atoms with Gasteiger partial charge in [-0.25, -0.2) is 4.98 Å². The molecule has 1 aromatic heterocycles. The van der Waals surface area contributed by atoms with Crippen molar-refractivity contribution >= 4 is 17.2 Å². The Morgan fingerprint density at radius 1 is 1.31 bits per heavy atom. The van der Waals surface area contributed by atoms with Crippen molar-refractivity contribution in [3.63, 3.8) is 0 Å². The molecule has 140 valence electrons. The van der Waals surface area contributed by atoms with Crippen LogP contribution in [-0.4, -0.2) is 41.5 Å².